The third-order valence-corrected chi connectivity index (χ3v) is 2.80. The Morgan fingerprint density at radius 2 is 1.27 bits per heavy atom. The first-order chi connectivity index (χ1) is 6.97. The van der Waals surface area contributed by atoms with Crippen LogP contribution >= 0.6 is 0 Å². The molecular weight excluding hydrogens is 190 g/mol. The summed E-state index contributed by atoms with van der Waals surface area (Å²) in [5.74, 6) is 0. The zero-order valence-corrected chi connectivity index (χ0v) is 11.4. The van der Waals surface area contributed by atoms with Crippen LogP contribution in [0.3, 0.4) is 0 Å². The zero-order chi connectivity index (χ0) is 12.1. The minimum absolute atomic E-state index is 0.559. The van der Waals surface area contributed by atoms with Crippen molar-refractivity contribution in [3.05, 3.63) is 0 Å². The average molecular weight is 218 g/mol. The van der Waals surface area contributed by atoms with E-state index in [2.05, 4.69) is 69.4 Å². The van der Waals surface area contributed by atoms with Gasteiger partial charge in [-0.3, -0.25) is 0 Å². The second kappa shape index (κ2) is 6.40. The molecule has 15 heavy (non-hydrogen) atoms. The maximum Gasteiger partial charge on any atom is 0.0508 e. The molecule has 0 aliphatic heterocycles. The summed E-state index contributed by atoms with van der Waals surface area (Å²) >= 11 is 0. The summed E-state index contributed by atoms with van der Waals surface area (Å²) in [6.45, 7) is 9.34. The average Bonchev–Trinajstić information content (AvgIpc) is 2.23. The van der Waals surface area contributed by atoms with Crippen molar-refractivity contribution in [2.24, 2.45) is 0 Å². The van der Waals surface area contributed by atoms with E-state index in [4.69, 9.17) is 0 Å². The van der Waals surface area contributed by atoms with Gasteiger partial charge in [0, 0.05) is 34.7 Å². The lowest BCUT2D eigenvalue weighted by Crippen LogP contribution is -2.78. The second-order valence-corrected chi connectivity index (χ2v) is 3.87. The molecule has 0 rings (SSSR count). The van der Waals surface area contributed by atoms with E-state index in [0.717, 1.165) is 19.6 Å². The molecule has 0 aromatic rings. The Hall–Kier alpha value is -0.200. The number of hydrogen-bond acceptors (Lipinski definition) is 4. The number of rotatable bonds is 7. The van der Waals surface area contributed by atoms with E-state index in [1.54, 1.807) is 0 Å². The first-order valence-electron chi connectivity index (χ1n) is 5.72. The Morgan fingerprint density at radius 3 is 1.47 bits per heavy atom. The van der Waals surface area contributed by atoms with Crippen LogP contribution in [0.1, 0.15) is 20.8 Å². The predicted molar refractivity (Wildman–Crippen MR) is 64.2 cm³/mol. The van der Waals surface area contributed by atoms with E-state index in [1.165, 1.54) is 0 Å². The lowest BCUT2D eigenvalue weighted by molar-refractivity contribution is -1.23. The number of nitrogens with zero attached hydrogens (tertiary/aromatic N) is 4. The molecule has 0 atom stereocenters. The molecular formula is C10H28N5+. The van der Waals surface area contributed by atoms with Crippen molar-refractivity contribution in [2.45, 2.75) is 20.8 Å². The van der Waals surface area contributed by atoms with Crippen molar-refractivity contribution in [3.8, 4) is 0 Å². The molecule has 0 heterocycles. The first kappa shape index (κ1) is 14.8. The topological polar surface area (TPSA) is 21.8 Å². The fraction of sp³-hybridized carbons (Fsp3) is 1.00. The largest absolute Gasteiger partial charge is 0.108 e. The standard InChI is InChI=1S/C10H28N5/c1-8-11-15(12(4)5,13(6)9-2)14(7)10-3/h11H,8-10H2,1-7H3/q+1. The van der Waals surface area contributed by atoms with Gasteiger partial charge in [-0.05, 0) is 25.7 Å². The molecule has 0 aliphatic rings. The summed E-state index contributed by atoms with van der Waals surface area (Å²) < 4.78 is 0. The van der Waals surface area contributed by atoms with Gasteiger partial charge in [0.05, 0.1) is 13.1 Å². The van der Waals surface area contributed by atoms with Gasteiger partial charge in [-0.25, -0.2) is 0 Å². The second-order valence-electron chi connectivity index (χ2n) is 3.87. The lowest BCUT2D eigenvalue weighted by Gasteiger charge is -2.48. The Morgan fingerprint density at radius 1 is 0.867 bits per heavy atom. The van der Waals surface area contributed by atoms with E-state index in [9.17, 15) is 0 Å². The van der Waals surface area contributed by atoms with Crippen LogP contribution in [0.25, 0.3) is 0 Å². The number of hydrogen-bond donors (Lipinski definition) is 1. The molecule has 0 bridgehead atoms. The van der Waals surface area contributed by atoms with E-state index < -0.39 is 0 Å². The van der Waals surface area contributed by atoms with Gasteiger partial charge in [0.1, 0.15) is 0 Å². The Balaban J connectivity index is 5.06. The van der Waals surface area contributed by atoms with Crippen LogP contribution in [-0.2, 0) is 0 Å². The SMILES string of the molecule is CCN[N+](N(C)C)(N(C)CC)N(C)CC. The van der Waals surface area contributed by atoms with Crippen LogP contribution in [0.2, 0.25) is 0 Å². The molecule has 0 aliphatic carbocycles. The Labute approximate surface area is 94.7 Å². The summed E-state index contributed by atoms with van der Waals surface area (Å²) in [5, 5.41) is 6.68. The zero-order valence-electron chi connectivity index (χ0n) is 11.4. The molecule has 0 amide bonds. The summed E-state index contributed by atoms with van der Waals surface area (Å²) in [5.41, 5.74) is 3.51. The molecule has 5 nitrogen and oxygen atoms in total. The van der Waals surface area contributed by atoms with Gasteiger partial charge in [-0.2, -0.15) is 0 Å². The van der Waals surface area contributed by atoms with Crippen molar-refractivity contribution >= 4 is 0 Å². The van der Waals surface area contributed by atoms with E-state index in [0.29, 0.717) is 4.92 Å². The van der Waals surface area contributed by atoms with Gasteiger partial charge in [-0.1, -0.05) is 10.0 Å². The molecule has 0 unspecified atom stereocenters. The molecule has 0 aromatic heterocycles. The van der Waals surface area contributed by atoms with Gasteiger partial charge in [0.25, 0.3) is 0 Å². The monoisotopic (exact) mass is 218 g/mol. The molecule has 0 saturated carbocycles. The van der Waals surface area contributed by atoms with Crippen molar-refractivity contribution in [2.75, 3.05) is 47.8 Å². The normalized spacial score (nSPS) is 13.2. The van der Waals surface area contributed by atoms with Crippen LogP contribution in [0, 0.1) is 0 Å². The maximum atomic E-state index is 3.51. The quantitative estimate of drug-likeness (QED) is 0.497. The van der Waals surface area contributed by atoms with Crippen LogP contribution in [-0.4, -0.2) is 67.8 Å². The van der Waals surface area contributed by atoms with Crippen LogP contribution in [0.15, 0.2) is 0 Å². The molecule has 1 N–H and O–H groups in total. The first-order valence-corrected chi connectivity index (χ1v) is 5.72. The van der Waals surface area contributed by atoms with Crippen LogP contribution in [0.4, 0.5) is 0 Å². The lowest BCUT2D eigenvalue weighted by atomic mass is 10.7. The van der Waals surface area contributed by atoms with Crippen molar-refractivity contribution in [1.29, 1.82) is 0 Å². The molecule has 0 radical (unpaired) electrons. The third-order valence-electron chi connectivity index (χ3n) is 2.80. The molecule has 0 spiro atoms. The summed E-state index contributed by atoms with van der Waals surface area (Å²) in [4.78, 5) is 0.559. The molecule has 92 valence electrons. The summed E-state index contributed by atoms with van der Waals surface area (Å²) in [7, 11) is 8.41. The predicted octanol–water partition coefficient (Wildman–Crippen LogP) is 0.538. The van der Waals surface area contributed by atoms with Gasteiger partial charge < -0.3 is 0 Å². The summed E-state index contributed by atoms with van der Waals surface area (Å²) in [6, 6.07) is 0. The smallest absolute Gasteiger partial charge is 0.0508 e. The van der Waals surface area contributed by atoms with E-state index >= 15 is 0 Å². The van der Waals surface area contributed by atoms with Gasteiger partial charge in [0.15, 0.2) is 0 Å². The van der Waals surface area contributed by atoms with Crippen LogP contribution < -0.4 is 5.43 Å². The Kier molecular flexibility index (Phi) is 6.31. The van der Waals surface area contributed by atoms with Crippen molar-refractivity contribution in [3.63, 3.8) is 0 Å². The highest BCUT2D eigenvalue weighted by Crippen LogP contribution is 2.12. The minimum Gasteiger partial charge on any atom is -0.108 e. The number of nitrogens with one attached hydrogen (secondary N) is 1. The summed E-state index contributed by atoms with van der Waals surface area (Å²) in [6.07, 6.45) is 0. The van der Waals surface area contributed by atoms with Gasteiger partial charge in [-0.15, -0.1) is 10.4 Å². The minimum atomic E-state index is 0.559. The molecule has 5 heteroatoms. The molecule has 0 fully saturated rings. The van der Waals surface area contributed by atoms with Crippen LogP contribution in [0.5, 0.6) is 0 Å². The highest BCUT2D eigenvalue weighted by atomic mass is 16.2. The highest BCUT2D eigenvalue weighted by molar-refractivity contribution is 4.33. The highest BCUT2D eigenvalue weighted by Gasteiger charge is 2.40. The van der Waals surface area contributed by atoms with Gasteiger partial charge in [0.2, 0.25) is 0 Å². The number of quaternary nitrogens is 1. The van der Waals surface area contributed by atoms with E-state index in [-0.39, 0.29) is 0 Å². The van der Waals surface area contributed by atoms with Crippen molar-refractivity contribution < 1.29 is 4.92 Å². The van der Waals surface area contributed by atoms with E-state index in [1.807, 2.05) is 0 Å². The third kappa shape index (κ3) is 2.89. The molecule has 0 saturated heterocycles. The van der Waals surface area contributed by atoms with Gasteiger partial charge >= 0.3 is 0 Å². The fourth-order valence-electron chi connectivity index (χ4n) is 1.86. The Bertz CT molecular complexity index is 161. The molecule has 0 aromatic carbocycles. The fourth-order valence-corrected chi connectivity index (χ4v) is 1.86. The van der Waals surface area contributed by atoms with Crippen molar-refractivity contribution in [1.82, 2.24) is 20.5 Å². The maximum absolute atomic E-state index is 3.51.